The van der Waals surface area contributed by atoms with Crippen molar-refractivity contribution in [1.82, 2.24) is 5.32 Å². The van der Waals surface area contributed by atoms with Gasteiger partial charge in [0.25, 0.3) is 0 Å². The van der Waals surface area contributed by atoms with Crippen LogP contribution >= 0.6 is 0 Å². The molecule has 0 aliphatic rings. The van der Waals surface area contributed by atoms with E-state index in [1.807, 2.05) is 0 Å². The second kappa shape index (κ2) is 9.94. The summed E-state index contributed by atoms with van der Waals surface area (Å²) in [6.07, 6.45) is 11.2. The van der Waals surface area contributed by atoms with Crippen LogP contribution < -0.4 is 5.32 Å². The van der Waals surface area contributed by atoms with Crippen molar-refractivity contribution in [3.8, 4) is 0 Å². The number of nitrogens with one attached hydrogen (secondary N) is 1. The van der Waals surface area contributed by atoms with Gasteiger partial charge in [-0.15, -0.1) is 0 Å². The fourth-order valence-electron chi connectivity index (χ4n) is 2.09. The molecule has 17 heavy (non-hydrogen) atoms. The Balaban J connectivity index is 3.39. The highest BCUT2D eigenvalue weighted by Gasteiger charge is 2.16. The van der Waals surface area contributed by atoms with Crippen LogP contribution in [0, 0.1) is 5.92 Å². The van der Waals surface area contributed by atoms with Crippen LogP contribution in [0.3, 0.4) is 0 Å². The molecule has 0 aliphatic heterocycles. The van der Waals surface area contributed by atoms with Crippen LogP contribution in [0.5, 0.6) is 0 Å². The van der Waals surface area contributed by atoms with Gasteiger partial charge in [-0.1, -0.05) is 65.7 Å². The molecule has 104 valence electrons. The molecule has 0 atom stereocenters. The molecule has 0 spiro atoms. The predicted molar refractivity (Wildman–Crippen MR) is 79.5 cm³/mol. The first-order chi connectivity index (χ1) is 7.98. The summed E-state index contributed by atoms with van der Waals surface area (Å²) >= 11 is 0. The summed E-state index contributed by atoms with van der Waals surface area (Å²) in [6.45, 7) is 12.7. The topological polar surface area (TPSA) is 12.0 Å². The maximum atomic E-state index is 3.67. The van der Waals surface area contributed by atoms with Crippen molar-refractivity contribution in [2.75, 3.05) is 6.54 Å². The number of unbranched alkanes of at least 4 members (excludes halogenated alkanes) is 6. The molecule has 1 heteroatoms. The van der Waals surface area contributed by atoms with Crippen LogP contribution in [0.2, 0.25) is 0 Å². The molecule has 0 heterocycles. The molecule has 0 aromatic rings. The van der Waals surface area contributed by atoms with Crippen molar-refractivity contribution in [3.05, 3.63) is 0 Å². The van der Waals surface area contributed by atoms with Crippen molar-refractivity contribution in [1.29, 1.82) is 0 Å². The summed E-state index contributed by atoms with van der Waals surface area (Å²) < 4.78 is 0. The van der Waals surface area contributed by atoms with Crippen LogP contribution in [0.15, 0.2) is 0 Å². The molecule has 0 aromatic carbocycles. The minimum Gasteiger partial charge on any atom is -0.312 e. The van der Waals surface area contributed by atoms with Crippen LogP contribution in [-0.4, -0.2) is 12.1 Å². The SMILES string of the molecule is CCCCCCCCCC(C)(C)NCC(C)C. The second-order valence-corrected chi connectivity index (χ2v) is 6.53. The molecule has 1 N–H and O–H groups in total. The minimum atomic E-state index is 0.327. The zero-order valence-electron chi connectivity index (χ0n) is 12.9. The van der Waals surface area contributed by atoms with Gasteiger partial charge in [0.1, 0.15) is 0 Å². The fourth-order valence-corrected chi connectivity index (χ4v) is 2.09. The average molecular weight is 241 g/mol. The maximum absolute atomic E-state index is 3.67. The largest absolute Gasteiger partial charge is 0.312 e. The first-order valence-corrected chi connectivity index (χ1v) is 7.73. The summed E-state index contributed by atoms with van der Waals surface area (Å²) in [5.74, 6) is 0.753. The number of hydrogen-bond donors (Lipinski definition) is 1. The van der Waals surface area contributed by atoms with Gasteiger partial charge in [-0.3, -0.25) is 0 Å². The second-order valence-electron chi connectivity index (χ2n) is 6.53. The van der Waals surface area contributed by atoms with Gasteiger partial charge in [0.15, 0.2) is 0 Å². The van der Waals surface area contributed by atoms with E-state index in [9.17, 15) is 0 Å². The Kier molecular flexibility index (Phi) is 9.91. The van der Waals surface area contributed by atoms with E-state index in [4.69, 9.17) is 0 Å². The zero-order chi connectivity index (χ0) is 13.1. The Labute approximate surface area is 110 Å². The standard InChI is InChI=1S/C16H35N/c1-6-7-8-9-10-11-12-13-16(4,5)17-14-15(2)3/h15,17H,6-14H2,1-5H3. The molecule has 0 radical (unpaired) electrons. The molecule has 0 unspecified atom stereocenters. The lowest BCUT2D eigenvalue weighted by molar-refractivity contribution is 0.329. The Morgan fingerprint density at radius 2 is 1.41 bits per heavy atom. The monoisotopic (exact) mass is 241 g/mol. The zero-order valence-corrected chi connectivity index (χ0v) is 12.9. The lowest BCUT2D eigenvalue weighted by Crippen LogP contribution is -2.41. The van der Waals surface area contributed by atoms with Gasteiger partial charge in [-0.2, -0.15) is 0 Å². The Hall–Kier alpha value is -0.0400. The Morgan fingerprint density at radius 3 is 1.94 bits per heavy atom. The van der Waals surface area contributed by atoms with E-state index >= 15 is 0 Å². The number of hydrogen-bond acceptors (Lipinski definition) is 1. The highest BCUT2D eigenvalue weighted by molar-refractivity contribution is 4.77. The first kappa shape index (κ1) is 17.0. The van der Waals surface area contributed by atoms with Gasteiger partial charge in [0.05, 0.1) is 0 Å². The summed E-state index contributed by atoms with van der Waals surface area (Å²) in [6, 6.07) is 0. The minimum absolute atomic E-state index is 0.327. The van der Waals surface area contributed by atoms with E-state index < -0.39 is 0 Å². The molecule has 1 nitrogen and oxygen atoms in total. The summed E-state index contributed by atoms with van der Waals surface area (Å²) in [5.41, 5.74) is 0.327. The smallest absolute Gasteiger partial charge is 0.0125 e. The third-order valence-electron chi connectivity index (χ3n) is 3.39. The molecule has 0 aromatic heterocycles. The van der Waals surface area contributed by atoms with Gasteiger partial charge in [0.2, 0.25) is 0 Å². The highest BCUT2D eigenvalue weighted by atomic mass is 14.9. The summed E-state index contributed by atoms with van der Waals surface area (Å²) in [4.78, 5) is 0. The average Bonchev–Trinajstić information content (AvgIpc) is 2.25. The summed E-state index contributed by atoms with van der Waals surface area (Å²) in [5, 5.41) is 3.67. The lowest BCUT2D eigenvalue weighted by Gasteiger charge is -2.27. The van der Waals surface area contributed by atoms with Gasteiger partial charge >= 0.3 is 0 Å². The fraction of sp³-hybridized carbons (Fsp3) is 1.00. The van der Waals surface area contributed by atoms with Crippen molar-refractivity contribution in [2.45, 2.75) is 91.5 Å². The first-order valence-electron chi connectivity index (χ1n) is 7.73. The summed E-state index contributed by atoms with van der Waals surface area (Å²) in [7, 11) is 0. The molecule has 0 rings (SSSR count). The van der Waals surface area contributed by atoms with E-state index in [1.54, 1.807) is 0 Å². The van der Waals surface area contributed by atoms with Crippen LogP contribution in [-0.2, 0) is 0 Å². The lowest BCUT2D eigenvalue weighted by atomic mass is 9.95. The van der Waals surface area contributed by atoms with Crippen molar-refractivity contribution < 1.29 is 0 Å². The third-order valence-corrected chi connectivity index (χ3v) is 3.39. The molecule has 0 saturated carbocycles. The molecular weight excluding hydrogens is 206 g/mol. The molecule has 0 aliphatic carbocycles. The van der Waals surface area contributed by atoms with Gasteiger partial charge < -0.3 is 5.32 Å². The highest BCUT2D eigenvalue weighted by Crippen LogP contribution is 2.16. The van der Waals surface area contributed by atoms with E-state index in [2.05, 4.69) is 39.9 Å². The Bertz CT molecular complexity index is 161. The molecular formula is C16H35N. The van der Waals surface area contributed by atoms with Gasteiger partial charge in [-0.25, -0.2) is 0 Å². The van der Waals surface area contributed by atoms with E-state index in [1.165, 1.54) is 51.4 Å². The van der Waals surface area contributed by atoms with E-state index in [0.717, 1.165) is 12.5 Å². The van der Waals surface area contributed by atoms with Crippen molar-refractivity contribution in [2.24, 2.45) is 5.92 Å². The van der Waals surface area contributed by atoms with Crippen LogP contribution in [0.25, 0.3) is 0 Å². The molecule has 0 bridgehead atoms. The molecule has 0 amide bonds. The van der Waals surface area contributed by atoms with Crippen molar-refractivity contribution >= 4 is 0 Å². The van der Waals surface area contributed by atoms with E-state index in [0.29, 0.717) is 5.54 Å². The molecule has 0 fully saturated rings. The number of rotatable bonds is 11. The quantitative estimate of drug-likeness (QED) is 0.493. The van der Waals surface area contributed by atoms with Gasteiger partial charge in [-0.05, 0) is 32.7 Å². The van der Waals surface area contributed by atoms with Crippen LogP contribution in [0.1, 0.15) is 86.0 Å². The van der Waals surface area contributed by atoms with Crippen LogP contribution in [0.4, 0.5) is 0 Å². The maximum Gasteiger partial charge on any atom is 0.0125 e. The Morgan fingerprint density at radius 1 is 0.882 bits per heavy atom. The van der Waals surface area contributed by atoms with E-state index in [-0.39, 0.29) is 0 Å². The third kappa shape index (κ3) is 12.2. The van der Waals surface area contributed by atoms with Gasteiger partial charge in [0, 0.05) is 5.54 Å². The normalized spacial score (nSPS) is 12.4. The predicted octanol–water partition coefficient (Wildman–Crippen LogP) is 5.15. The van der Waals surface area contributed by atoms with Crippen molar-refractivity contribution in [3.63, 3.8) is 0 Å². The molecule has 0 saturated heterocycles.